The van der Waals surface area contributed by atoms with Crippen molar-refractivity contribution in [2.24, 2.45) is 5.73 Å². The van der Waals surface area contributed by atoms with Crippen molar-refractivity contribution in [3.8, 4) is 11.1 Å². The predicted molar refractivity (Wildman–Crippen MR) is 105 cm³/mol. The Labute approximate surface area is 162 Å². The van der Waals surface area contributed by atoms with Crippen LogP contribution in [0.1, 0.15) is 20.8 Å². The van der Waals surface area contributed by atoms with Crippen LogP contribution >= 0.6 is 11.3 Å². The van der Waals surface area contributed by atoms with E-state index >= 15 is 0 Å². The van der Waals surface area contributed by atoms with Crippen molar-refractivity contribution in [1.29, 1.82) is 0 Å². The van der Waals surface area contributed by atoms with E-state index < -0.39 is 11.2 Å². The van der Waals surface area contributed by atoms with E-state index in [0.717, 1.165) is 33.4 Å². The van der Waals surface area contributed by atoms with Crippen LogP contribution in [-0.2, 0) is 4.79 Å². The average Bonchev–Trinajstić information content (AvgIpc) is 3.31. The number of amides is 1. The molecule has 0 atom stereocenters. The smallest absolute Gasteiger partial charge is 0.269 e. The Morgan fingerprint density at radius 2 is 1.89 bits per heavy atom. The number of halogens is 1. The van der Waals surface area contributed by atoms with Crippen molar-refractivity contribution in [1.82, 2.24) is 15.0 Å². The maximum Gasteiger partial charge on any atom is 0.269 e. The van der Waals surface area contributed by atoms with Crippen molar-refractivity contribution in [3.63, 3.8) is 0 Å². The fourth-order valence-corrected chi connectivity index (χ4v) is 3.41. The highest BCUT2D eigenvalue weighted by atomic mass is 32.1. The number of nitrogens with zero attached hydrogens (tertiary/aromatic N) is 2. The van der Waals surface area contributed by atoms with E-state index in [1.165, 1.54) is 12.3 Å². The number of nitrogens with one attached hydrogen (secondary N) is 1. The summed E-state index contributed by atoms with van der Waals surface area (Å²) in [6, 6.07) is 8.92. The van der Waals surface area contributed by atoms with E-state index in [0.29, 0.717) is 11.2 Å². The lowest BCUT2D eigenvalue weighted by Gasteiger charge is -2.04. The average molecular weight is 392 g/mol. The highest BCUT2D eigenvalue weighted by Crippen LogP contribution is 2.26. The number of aromatic amines is 1. The number of hydrogen-bond acceptors (Lipinski definition) is 5. The first-order valence-electron chi connectivity index (χ1n) is 8.22. The van der Waals surface area contributed by atoms with Gasteiger partial charge in [0.05, 0.1) is 11.1 Å². The van der Waals surface area contributed by atoms with Gasteiger partial charge >= 0.3 is 0 Å². The van der Waals surface area contributed by atoms with Crippen molar-refractivity contribution in [3.05, 3.63) is 76.3 Å². The largest absolute Gasteiger partial charge is 0.366 e. The van der Waals surface area contributed by atoms with Gasteiger partial charge in [0.1, 0.15) is 5.65 Å². The molecule has 0 saturated heterocycles. The number of carbonyl (C=O) groups excluding carboxylic acids is 2. The molecule has 1 amide bonds. The molecule has 138 valence electrons. The number of ketones is 1. The molecule has 4 rings (SSSR count). The third kappa shape index (κ3) is 3.45. The lowest BCUT2D eigenvalue weighted by molar-refractivity contribution is -0.113. The van der Waals surface area contributed by atoms with E-state index in [-0.39, 0.29) is 10.7 Å². The predicted octanol–water partition coefficient (Wildman–Crippen LogP) is 3.56. The Hall–Kier alpha value is -3.65. The number of fused-ring (bicyclic) bond motifs is 1. The molecule has 4 aromatic rings. The van der Waals surface area contributed by atoms with E-state index in [4.69, 9.17) is 5.73 Å². The lowest BCUT2D eigenvalue weighted by atomic mass is 10.0. The standard InChI is InChI=1S/C20H13FN4O2S/c21-20-25-10-16(28-20)18(27)12-3-1-11(2-4-12)14-7-15-13(5-6-17(22)26)8-23-19(15)24-9-14/h1-10H,(H2,22,26)(H,23,24)/b6-5+. The van der Waals surface area contributed by atoms with Gasteiger partial charge in [-0.1, -0.05) is 35.6 Å². The van der Waals surface area contributed by atoms with Crippen LogP contribution < -0.4 is 5.73 Å². The van der Waals surface area contributed by atoms with Crippen LogP contribution in [0.15, 0.2) is 55.0 Å². The zero-order chi connectivity index (χ0) is 19.7. The molecule has 0 radical (unpaired) electrons. The van der Waals surface area contributed by atoms with Crippen LogP contribution in [0.2, 0.25) is 0 Å². The van der Waals surface area contributed by atoms with Gasteiger partial charge in [0.15, 0.2) is 0 Å². The van der Waals surface area contributed by atoms with Crippen molar-refractivity contribution >= 4 is 40.1 Å². The molecule has 0 unspecified atom stereocenters. The fraction of sp³-hybridized carbons (Fsp3) is 0. The number of hydrogen-bond donors (Lipinski definition) is 2. The maximum atomic E-state index is 13.0. The molecule has 3 N–H and O–H groups in total. The fourth-order valence-electron chi connectivity index (χ4n) is 2.81. The molecule has 8 heteroatoms. The van der Waals surface area contributed by atoms with Crippen LogP contribution in [0.4, 0.5) is 4.39 Å². The summed E-state index contributed by atoms with van der Waals surface area (Å²) >= 11 is 0.722. The topological polar surface area (TPSA) is 102 Å². The summed E-state index contributed by atoms with van der Waals surface area (Å²) in [5.74, 6) is -0.800. The molecular formula is C20H13FN4O2S. The highest BCUT2D eigenvalue weighted by Gasteiger charge is 2.13. The minimum atomic E-state index is -0.632. The second kappa shape index (κ2) is 7.16. The normalized spacial score (nSPS) is 11.3. The van der Waals surface area contributed by atoms with E-state index in [1.807, 2.05) is 6.07 Å². The molecule has 0 aliphatic heterocycles. The van der Waals surface area contributed by atoms with Gasteiger partial charge in [-0.05, 0) is 17.7 Å². The molecule has 6 nitrogen and oxygen atoms in total. The Balaban J connectivity index is 1.65. The second-order valence-electron chi connectivity index (χ2n) is 5.98. The minimum absolute atomic E-state index is 0.256. The van der Waals surface area contributed by atoms with Gasteiger partial charge in [0, 0.05) is 40.5 Å². The van der Waals surface area contributed by atoms with E-state index in [9.17, 15) is 14.0 Å². The van der Waals surface area contributed by atoms with Gasteiger partial charge in [0.25, 0.3) is 5.26 Å². The van der Waals surface area contributed by atoms with Crippen molar-refractivity contribution < 1.29 is 14.0 Å². The Kier molecular flexibility index (Phi) is 4.54. The molecule has 3 aromatic heterocycles. The number of benzene rings is 1. The molecule has 0 saturated carbocycles. The first-order chi connectivity index (χ1) is 13.5. The van der Waals surface area contributed by atoms with Gasteiger partial charge in [-0.2, -0.15) is 4.39 Å². The number of thiazole rings is 1. The summed E-state index contributed by atoms with van der Waals surface area (Å²) < 4.78 is 13.0. The summed E-state index contributed by atoms with van der Waals surface area (Å²) in [6.07, 6.45) is 7.62. The lowest BCUT2D eigenvalue weighted by Crippen LogP contribution is -2.04. The number of H-pyrrole nitrogens is 1. The number of rotatable bonds is 5. The number of carbonyl (C=O) groups is 2. The zero-order valence-electron chi connectivity index (χ0n) is 14.3. The van der Waals surface area contributed by atoms with Crippen LogP contribution in [0.5, 0.6) is 0 Å². The quantitative estimate of drug-likeness (QED) is 0.400. The van der Waals surface area contributed by atoms with E-state index in [1.54, 1.807) is 42.7 Å². The van der Waals surface area contributed by atoms with Crippen molar-refractivity contribution in [2.75, 3.05) is 0 Å². The second-order valence-corrected chi connectivity index (χ2v) is 6.96. The molecule has 0 bridgehead atoms. The first-order valence-corrected chi connectivity index (χ1v) is 9.04. The molecule has 28 heavy (non-hydrogen) atoms. The monoisotopic (exact) mass is 392 g/mol. The van der Waals surface area contributed by atoms with Gasteiger partial charge in [0.2, 0.25) is 11.7 Å². The first kappa shape index (κ1) is 17.7. The minimum Gasteiger partial charge on any atom is -0.366 e. The van der Waals surface area contributed by atoms with Crippen LogP contribution in [0.3, 0.4) is 0 Å². The number of nitrogens with two attached hydrogens (primary N) is 1. The summed E-state index contributed by atoms with van der Waals surface area (Å²) in [5.41, 5.74) is 8.80. The van der Waals surface area contributed by atoms with Gasteiger partial charge in [-0.3, -0.25) is 9.59 Å². The van der Waals surface area contributed by atoms with Crippen LogP contribution in [0.25, 0.3) is 28.2 Å². The summed E-state index contributed by atoms with van der Waals surface area (Å²) in [6.45, 7) is 0. The molecule has 0 aliphatic rings. The molecule has 1 aromatic carbocycles. The Morgan fingerprint density at radius 3 is 2.57 bits per heavy atom. The van der Waals surface area contributed by atoms with Gasteiger partial charge in [-0.25, -0.2) is 9.97 Å². The SMILES string of the molecule is NC(=O)/C=C/c1c[nH]c2ncc(-c3ccc(C(=O)c4cnc(F)s4)cc3)cc12. The van der Waals surface area contributed by atoms with E-state index in [2.05, 4.69) is 15.0 Å². The number of aromatic nitrogens is 3. The van der Waals surface area contributed by atoms with Gasteiger partial charge < -0.3 is 10.7 Å². The Morgan fingerprint density at radius 1 is 1.11 bits per heavy atom. The van der Waals surface area contributed by atoms with Crippen molar-refractivity contribution in [2.45, 2.75) is 0 Å². The molecular weight excluding hydrogens is 379 g/mol. The summed E-state index contributed by atoms with van der Waals surface area (Å²) in [5, 5.41) is 0.210. The molecule has 3 heterocycles. The third-order valence-electron chi connectivity index (χ3n) is 4.17. The molecule has 0 spiro atoms. The number of primary amides is 1. The third-order valence-corrected chi connectivity index (χ3v) is 4.96. The summed E-state index contributed by atoms with van der Waals surface area (Å²) in [4.78, 5) is 34.5. The summed E-state index contributed by atoms with van der Waals surface area (Å²) in [7, 11) is 0. The zero-order valence-corrected chi connectivity index (χ0v) is 15.2. The van der Waals surface area contributed by atoms with Crippen LogP contribution in [-0.4, -0.2) is 26.6 Å². The maximum absolute atomic E-state index is 13.0. The Bertz CT molecular complexity index is 1220. The molecule has 0 aliphatic carbocycles. The number of pyridine rings is 1. The highest BCUT2D eigenvalue weighted by molar-refractivity contribution is 7.12. The molecule has 0 fully saturated rings. The van der Waals surface area contributed by atoms with Gasteiger partial charge in [-0.15, -0.1) is 0 Å². The van der Waals surface area contributed by atoms with Crippen LogP contribution in [0, 0.1) is 5.26 Å².